The molecule has 0 aliphatic rings. The van der Waals surface area contributed by atoms with Crippen LogP contribution in [0.5, 0.6) is 0 Å². The molecule has 4 heteroatoms. The van der Waals surface area contributed by atoms with Gasteiger partial charge in [-0.3, -0.25) is 0 Å². The van der Waals surface area contributed by atoms with E-state index < -0.39 is 0 Å². The lowest BCUT2D eigenvalue weighted by molar-refractivity contribution is 1.17. The molecule has 0 saturated carbocycles. The first-order chi connectivity index (χ1) is 30.7. The van der Waals surface area contributed by atoms with E-state index in [1.165, 1.54) is 60.3 Å². The lowest BCUT2D eigenvalue weighted by atomic mass is 10.0. The summed E-state index contributed by atoms with van der Waals surface area (Å²) < 4.78 is 4.80. The minimum atomic E-state index is 0.689. The summed E-state index contributed by atoms with van der Waals surface area (Å²) in [5, 5.41) is 4.91. The van der Waals surface area contributed by atoms with E-state index in [-0.39, 0.29) is 0 Å². The Bertz CT molecular complexity index is 3470. The summed E-state index contributed by atoms with van der Waals surface area (Å²) in [6.07, 6.45) is 0. The molecule has 0 radical (unpaired) electrons. The first kappa shape index (κ1) is 35.6. The van der Waals surface area contributed by atoms with Crippen LogP contribution in [0.3, 0.4) is 0 Å². The Morgan fingerprint density at radius 2 is 0.597 bits per heavy atom. The third-order valence-electron chi connectivity index (χ3n) is 12.2. The van der Waals surface area contributed by atoms with Gasteiger partial charge in [0.15, 0.2) is 5.82 Å². The molecule has 9 aromatic carbocycles. The standard InChI is InChI=1S/C58H38N4/c1-4-14-39(15-5-1)41-24-28-43(29-25-41)52-38-53(60-58(59-52)45-30-26-42(27-31-45)40-16-6-2-7-17-40)44-32-34-47(35-33-44)62-55-23-13-11-21-49(55)51-36-56-50(37-57(51)62)48-20-10-12-22-54(48)61(56)46-18-8-3-9-19-46/h1-38H. The van der Waals surface area contributed by atoms with E-state index in [0.29, 0.717) is 5.82 Å². The van der Waals surface area contributed by atoms with E-state index in [9.17, 15) is 0 Å². The van der Waals surface area contributed by atoms with Crippen molar-refractivity contribution in [3.05, 3.63) is 231 Å². The lowest BCUT2D eigenvalue weighted by Gasteiger charge is -2.12. The number of rotatable bonds is 7. The molecule has 0 bridgehead atoms. The Balaban J connectivity index is 0.983. The highest BCUT2D eigenvalue weighted by molar-refractivity contribution is 6.19. The van der Waals surface area contributed by atoms with Crippen molar-refractivity contribution < 1.29 is 0 Å². The fraction of sp³-hybridized carbons (Fsp3) is 0. The van der Waals surface area contributed by atoms with Gasteiger partial charge in [0, 0.05) is 49.6 Å². The summed E-state index contributed by atoms with van der Waals surface area (Å²) in [6, 6.07) is 82.1. The SMILES string of the molecule is c1ccc(-c2ccc(-c3cc(-c4ccc(-n5c6ccccc6c6cc7c(cc65)c5ccccc5n7-c5ccccc5)cc4)nc(-c4ccc(-c5ccccc5)cc4)n3)cc2)cc1. The third kappa shape index (κ3) is 6.08. The highest BCUT2D eigenvalue weighted by atomic mass is 15.0. The maximum atomic E-state index is 5.23. The van der Waals surface area contributed by atoms with Crippen molar-refractivity contribution in [1.29, 1.82) is 0 Å². The normalized spacial score (nSPS) is 11.5. The molecule has 0 saturated heterocycles. The van der Waals surface area contributed by atoms with Gasteiger partial charge in [-0.05, 0) is 76.9 Å². The molecule has 0 N–H and O–H groups in total. The minimum absolute atomic E-state index is 0.689. The molecule has 3 aromatic heterocycles. The Morgan fingerprint density at radius 1 is 0.242 bits per heavy atom. The molecule has 62 heavy (non-hydrogen) atoms. The largest absolute Gasteiger partial charge is 0.309 e. The van der Waals surface area contributed by atoms with E-state index in [0.717, 1.165) is 45.0 Å². The zero-order chi connectivity index (χ0) is 41.0. The highest BCUT2D eigenvalue weighted by Gasteiger charge is 2.19. The van der Waals surface area contributed by atoms with Crippen molar-refractivity contribution in [2.45, 2.75) is 0 Å². The van der Waals surface area contributed by atoms with Crippen molar-refractivity contribution in [3.63, 3.8) is 0 Å². The summed E-state index contributed by atoms with van der Waals surface area (Å²) >= 11 is 0. The van der Waals surface area contributed by atoms with Crippen LogP contribution in [0, 0.1) is 0 Å². The second kappa shape index (κ2) is 14.7. The summed E-state index contributed by atoms with van der Waals surface area (Å²) in [6.45, 7) is 0. The van der Waals surface area contributed by atoms with Gasteiger partial charge in [-0.2, -0.15) is 0 Å². The van der Waals surface area contributed by atoms with Crippen molar-refractivity contribution in [2.75, 3.05) is 0 Å². The van der Waals surface area contributed by atoms with Gasteiger partial charge in [0.05, 0.1) is 33.5 Å². The van der Waals surface area contributed by atoms with E-state index in [1.807, 2.05) is 12.1 Å². The molecule has 4 nitrogen and oxygen atoms in total. The summed E-state index contributed by atoms with van der Waals surface area (Å²) in [5.74, 6) is 0.689. The van der Waals surface area contributed by atoms with Gasteiger partial charge < -0.3 is 9.13 Å². The first-order valence-electron chi connectivity index (χ1n) is 21.1. The molecule has 12 rings (SSSR count). The van der Waals surface area contributed by atoms with Crippen LogP contribution in [0.1, 0.15) is 0 Å². The topological polar surface area (TPSA) is 35.6 Å². The van der Waals surface area contributed by atoms with Crippen LogP contribution in [0.15, 0.2) is 231 Å². The number of hydrogen-bond acceptors (Lipinski definition) is 2. The molecule has 0 aliphatic carbocycles. The number of para-hydroxylation sites is 3. The number of aromatic nitrogens is 4. The van der Waals surface area contributed by atoms with E-state index in [2.05, 4.69) is 228 Å². The summed E-state index contributed by atoms with van der Waals surface area (Å²) in [7, 11) is 0. The second-order valence-electron chi connectivity index (χ2n) is 15.8. The van der Waals surface area contributed by atoms with Crippen molar-refractivity contribution >= 4 is 43.6 Å². The second-order valence-corrected chi connectivity index (χ2v) is 15.8. The van der Waals surface area contributed by atoms with E-state index >= 15 is 0 Å². The van der Waals surface area contributed by atoms with Crippen LogP contribution in [0.2, 0.25) is 0 Å². The minimum Gasteiger partial charge on any atom is -0.309 e. The van der Waals surface area contributed by atoms with Crippen LogP contribution >= 0.6 is 0 Å². The number of fused-ring (bicyclic) bond motifs is 6. The molecule has 0 atom stereocenters. The lowest BCUT2D eigenvalue weighted by Crippen LogP contribution is -1.97. The van der Waals surface area contributed by atoms with Crippen LogP contribution in [-0.2, 0) is 0 Å². The monoisotopic (exact) mass is 790 g/mol. The molecule has 0 amide bonds. The van der Waals surface area contributed by atoms with Crippen molar-refractivity contribution in [3.8, 4) is 67.5 Å². The Hall–Kier alpha value is -8.34. The van der Waals surface area contributed by atoms with Crippen LogP contribution in [0.25, 0.3) is 111 Å². The predicted octanol–water partition coefficient (Wildman–Crippen LogP) is 15.0. The Morgan fingerprint density at radius 3 is 1.08 bits per heavy atom. The molecule has 0 aliphatic heterocycles. The fourth-order valence-electron chi connectivity index (χ4n) is 9.12. The maximum Gasteiger partial charge on any atom is 0.160 e. The fourth-order valence-corrected chi connectivity index (χ4v) is 9.12. The van der Waals surface area contributed by atoms with E-state index in [4.69, 9.17) is 9.97 Å². The average molecular weight is 791 g/mol. The molecule has 12 aromatic rings. The highest BCUT2D eigenvalue weighted by Crippen LogP contribution is 2.40. The number of nitrogens with zero attached hydrogens (tertiary/aromatic N) is 4. The smallest absolute Gasteiger partial charge is 0.160 e. The van der Waals surface area contributed by atoms with Gasteiger partial charge in [-0.25, -0.2) is 9.97 Å². The number of benzene rings is 9. The van der Waals surface area contributed by atoms with Crippen LogP contribution in [-0.4, -0.2) is 19.1 Å². The zero-order valence-electron chi connectivity index (χ0n) is 33.7. The van der Waals surface area contributed by atoms with Gasteiger partial charge in [0.1, 0.15) is 0 Å². The van der Waals surface area contributed by atoms with Crippen LogP contribution < -0.4 is 0 Å². The number of hydrogen-bond donors (Lipinski definition) is 0. The van der Waals surface area contributed by atoms with Gasteiger partial charge in [0.2, 0.25) is 0 Å². The first-order valence-corrected chi connectivity index (χ1v) is 21.1. The average Bonchev–Trinajstić information content (AvgIpc) is 3.86. The maximum absolute atomic E-state index is 5.23. The zero-order valence-corrected chi connectivity index (χ0v) is 33.7. The van der Waals surface area contributed by atoms with Gasteiger partial charge >= 0.3 is 0 Å². The summed E-state index contributed by atoms with van der Waals surface area (Å²) in [4.78, 5) is 10.4. The quantitative estimate of drug-likeness (QED) is 0.161. The molecular weight excluding hydrogens is 753 g/mol. The van der Waals surface area contributed by atoms with Crippen molar-refractivity contribution in [2.24, 2.45) is 0 Å². The molecular formula is C58H38N4. The molecule has 3 heterocycles. The molecule has 0 fully saturated rings. The summed E-state index contributed by atoms with van der Waals surface area (Å²) in [5.41, 5.74) is 16.5. The van der Waals surface area contributed by atoms with Gasteiger partial charge in [-0.15, -0.1) is 0 Å². The third-order valence-corrected chi connectivity index (χ3v) is 12.2. The van der Waals surface area contributed by atoms with Gasteiger partial charge in [0.25, 0.3) is 0 Å². The molecule has 0 unspecified atom stereocenters. The molecule has 290 valence electrons. The van der Waals surface area contributed by atoms with Crippen LogP contribution in [0.4, 0.5) is 0 Å². The van der Waals surface area contributed by atoms with Crippen molar-refractivity contribution in [1.82, 2.24) is 19.1 Å². The molecule has 0 spiro atoms. The van der Waals surface area contributed by atoms with E-state index in [1.54, 1.807) is 0 Å². The Labute approximate surface area is 359 Å². The Kier molecular flexibility index (Phi) is 8.46. The van der Waals surface area contributed by atoms with Gasteiger partial charge in [-0.1, -0.05) is 176 Å². The predicted molar refractivity (Wildman–Crippen MR) is 258 cm³/mol.